The van der Waals surface area contributed by atoms with Gasteiger partial charge >= 0.3 is 11.9 Å². The number of esters is 2. The van der Waals surface area contributed by atoms with Gasteiger partial charge in [-0.2, -0.15) is 0 Å². The van der Waals surface area contributed by atoms with Crippen molar-refractivity contribution in [1.82, 2.24) is 9.55 Å². The van der Waals surface area contributed by atoms with E-state index in [1.807, 2.05) is 30.3 Å². The van der Waals surface area contributed by atoms with Crippen LogP contribution in [0.4, 0.5) is 0 Å². The average Bonchev–Trinajstić information content (AvgIpc) is 3.42. The summed E-state index contributed by atoms with van der Waals surface area (Å²) in [6.45, 7) is 10.2. The number of aliphatic hydroxyl groups is 1. The number of benzene rings is 1. The maximum atomic E-state index is 13.0. The van der Waals surface area contributed by atoms with Gasteiger partial charge in [0.25, 0.3) is 5.56 Å². The number of para-hydroxylation sites is 1. The van der Waals surface area contributed by atoms with Crippen molar-refractivity contribution in [2.75, 3.05) is 0 Å². The Morgan fingerprint density at radius 3 is 2.77 bits per heavy atom. The van der Waals surface area contributed by atoms with E-state index in [0.29, 0.717) is 28.9 Å². The van der Waals surface area contributed by atoms with Crippen molar-refractivity contribution in [2.45, 2.75) is 89.4 Å². The monoisotopic (exact) mass is 596 g/mol. The molecule has 2 saturated heterocycles. The summed E-state index contributed by atoms with van der Waals surface area (Å²) >= 11 is 0. The Bertz CT molecular complexity index is 1840. The second-order valence-corrected chi connectivity index (χ2v) is 12.8. The number of aromatic nitrogens is 2. The number of ether oxygens (including phenoxy) is 3. The minimum Gasteiger partial charge on any atom is -0.458 e. The maximum absolute atomic E-state index is 13.0. The smallest absolute Gasteiger partial charge is 0.343 e. The van der Waals surface area contributed by atoms with Crippen LogP contribution in [-0.4, -0.2) is 44.4 Å². The number of pyridine rings is 2. The Balaban J connectivity index is 0.000000152. The molecule has 0 saturated carbocycles. The van der Waals surface area contributed by atoms with E-state index in [2.05, 4.69) is 26.5 Å². The van der Waals surface area contributed by atoms with Crippen LogP contribution in [0.1, 0.15) is 69.6 Å². The minimum absolute atomic E-state index is 0.0671. The summed E-state index contributed by atoms with van der Waals surface area (Å²) in [7, 11) is 0. The molecule has 0 bridgehead atoms. The van der Waals surface area contributed by atoms with E-state index in [9.17, 15) is 19.5 Å². The van der Waals surface area contributed by atoms with Crippen molar-refractivity contribution < 1.29 is 28.9 Å². The van der Waals surface area contributed by atoms with Crippen molar-refractivity contribution >= 4 is 22.8 Å². The number of carbonyl (C=O) groups excluding carboxylic acids is 2. The first-order chi connectivity index (χ1) is 21.0. The van der Waals surface area contributed by atoms with E-state index < -0.39 is 11.6 Å². The summed E-state index contributed by atoms with van der Waals surface area (Å²) in [6, 6.07) is 11.6. The summed E-state index contributed by atoms with van der Waals surface area (Å²) in [5.41, 5.74) is 3.73. The van der Waals surface area contributed by atoms with Crippen LogP contribution in [0.5, 0.6) is 0 Å². The molecule has 0 radical (unpaired) electrons. The number of hydrogen-bond acceptors (Lipinski definition) is 8. The number of nitrogens with zero attached hydrogens (tertiary/aromatic N) is 2. The molecule has 5 atom stereocenters. The van der Waals surface area contributed by atoms with Gasteiger partial charge in [0.15, 0.2) is 5.60 Å². The highest BCUT2D eigenvalue weighted by molar-refractivity contribution is 5.91. The van der Waals surface area contributed by atoms with Gasteiger partial charge in [0, 0.05) is 28.0 Å². The number of epoxide rings is 1. The third-order valence-corrected chi connectivity index (χ3v) is 9.99. The number of hydrogen-bond donors (Lipinski definition) is 1. The van der Waals surface area contributed by atoms with Crippen LogP contribution >= 0.6 is 0 Å². The molecule has 5 aliphatic rings. The highest BCUT2D eigenvalue weighted by atomic mass is 16.6. The lowest BCUT2D eigenvalue weighted by Crippen LogP contribution is -2.44. The lowest BCUT2D eigenvalue weighted by Gasteiger charge is -2.31. The van der Waals surface area contributed by atoms with Crippen LogP contribution in [-0.2, 0) is 42.6 Å². The van der Waals surface area contributed by atoms with Gasteiger partial charge in [-0.05, 0) is 64.2 Å². The molecule has 2 aromatic heterocycles. The van der Waals surface area contributed by atoms with Gasteiger partial charge in [0.2, 0.25) is 0 Å². The van der Waals surface area contributed by atoms with Crippen molar-refractivity contribution in [1.29, 1.82) is 0 Å². The molecule has 2 fully saturated rings. The number of rotatable bonds is 1. The van der Waals surface area contributed by atoms with E-state index in [-0.39, 0.29) is 48.3 Å². The van der Waals surface area contributed by atoms with Crippen LogP contribution in [0, 0.1) is 5.92 Å². The van der Waals surface area contributed by atoms with Crippen molar-refractivity contribution in [3.05, 3.63) is 87.2 Å². The Morgan fingerprint density at radius 1 is 1.18 bits per heavy atom. The van der Waals surface area contributed by atoms with Gasteiger partial charge in [-0.25, -0.2) is 14.6 Å². The molecule has 228 valence electrons. The zero-order chi connectivity index (χ0) is 31.0. The molecule has 0 amide bonds. The average molecular weight is 597 g/mol. The second-order valence-electron chi connectivity index (χ2n) is 12.8. The van der Waals surface area contributed by atoms with Crippen LogP contribution in [0.15, 0.2) is 65.0 Å². The molecule has 5 unspecified atom stereocenters. The number of fused-ring (bicyclic) bond motifs is 8. The molecule has 4 aliphatic heterocycles. The SMILES string of the molecule is C=C1C(=O)OC2C1CCC(C)=CCCC1(C)OC21.CCC1(O)C(=O)OCc2c1cc1n(c2=O)Cc2cc3ccccc3nc2-1. The molecule has 1 aromatic carbocycles. The summed E-state index contributed by atoms with van der Waals surface area (Å²) in [6.07, 6.45) is 6.39. The van der Waals surface area contributed by atoms with Gasteiger partial charge < -0.3 is 23.9 Å². The fourth-order valence-corrected chi connectivity index (χ4v) is 7.13. The van der Waals surface area contributed by atoms with Crippen LogP contribution in [0.25, 0.3) is 22.3 Å². The minimum atomic E-state index is -1.79. The molecule has 3 aromatic rings. The molecule has 0 spiro atoms. The standard InChI is InChI=1S/C20H16N2O4.C15H20O3/c1-2-20(25)14-8-16-17-12(7-11-5-3-4-6-15(11)21-17)9-22(16)18(23)13(14)10-26-19(20)24;1-9-5-4-8-15(3)13(18-15)12-11(7-6-9)10(2)14(16)17-12/h3-8,25H,2,9-10H2,1H3;5,11-13H,2,4,6-8H2,1,3H3. The molecule has 1 N–H and O–H groups in total. The van der Waals surface area contributed by atoms with Crippen molar-refractivity contribution in [3.63, 3.8) is 0 Å². The highest BCUT2D eigenvalue weighted by Crippen LogP contribution is 2.49. The largest absolute Gasteiger partial charge is 0.458 e. The third-order valence-electron chi connectivity index (χ3n) is 9.99. The Kier molecular flexibility index (Phi) is 6.68. The lowest BCUT2D eigenvalue weighted by atomic mass is 9.84. The quantitative estimate of drug-likeness (QED) is 0.143. The Labute approximate surface area is 255 Å². The van der Waals surface area contributed by atoms with Gasteiger partial charge in [-0.15, -0.1) is 0 Å². The van der Waals surface area contributed by atoms with E-state index in [1.54, 1.807) is 17.6 Å². The number of cyclic esters (lactones) is 1. The van der Waals surface area contributed by atoms with E-state index in [1.165, 1.54) is 5.57 Å². The molecule has 8 rings (SSSR count). The highest BCUT2D eigenvalue weighted by Gasteiger charge is 2.61. The van der Waals surface area contributed by atoms with E-state index in [0.717, 1.165) is 47.8 Å². The van der Waals surface area contributed by atoms with Crippen LogP contribution < -0.4 is 5.56 Å². The maximum Gasteiger partial charge on any atom is 0.343 e. The van der Waals surface area contributed by atoms with Gasteiger partial charge in [0.05, 0.1) is 34.6 Å². The van der Waals surface area contributed by atoms with E-state index in [4.69, 9.17) is 19.2 Å². The molecule has 9 heteroatoms. The molecule has 1 aliphatic carbocycles. The van der Waals surface area contributed by atoms with E-state index >= 15 is 0 Å². The zero-order valence-electron chi connectivity index (χ0n) is 25.2. The second kappa shape index (κ2) is 10.2. The van der Waals surface area contributed by atoms with Gasteiger partial charge in [-0.1, -0.05) is 43.4 Å². The van der Waals surface area contributed by atoms with Gasteiger partial charge in [0.1, 0.15) is 18.8 Å². The zero-order valence-corrected chi connectivity index (χ0v) is 25.2. The fraction of sp³-hybridized carbons (Fsp3) is 0.429. The summed E-state index contributed by atoms with van der Waals surface area (Å²) in [4.78, 5) is 41.6. The van der Waals surface area contributed by atoms with Crippen LogP contribution in [0.2, 0.25) is 0 Å². The molecule has 6 heterocycles. The number of allylic oxidation sites excluding steroid dienone is 2. The lowest BCUT2D eigenvalue weighted by molar-refractivity contribution is -0.172. The first-order valence-corrected chi connectivity index (χ1v) is 15.3. The summed E-state index contributed by atoms with van der Waals surface area (Å²) in [5, 5.41) is 11.8. The molecular formula is C35H36N2O7. The first kappa shape index (κ1) is 28.7. The fourth-order valence-electron chi connectivity index (χ4n) is 7.13. The third kappa shape index (κ3) is 4.44. The van der Waals surface area contributed by atoms with Crippen molar-refractivity contribution in [3.8, 4) is 11.4 Å². The topological polar surface area (TPSA) is 120 Å². The first-order valence-electron chi connectivity index (χ1n) is 15.3. The number of carbonyl (C=O) groups is 2. The predicted octanol–water partition coefficient (Wildman–Crippen LogP) is 4.84. The molecule has 44 heavy (non-hydrogen) atoms. The normalized spacial score (nSPS) is 30.0. The van der Waals surface area contributed by atoms with Crippen LogP contribution in [0.3, 0.4) is 0 Å². The molecular weight excluding hydrogens is 560 g/mol. The van der Waals surface area contributed by atoms with Crippen molar-refractivity contribution in [2.24, 2.45) is 5.92 Å². The molecule has 9 nitrogen and oxygen atoms in total. The Hall–Kier alpha value is -4.08. The summed E-state index contributed by atoms with van der Waals surface area (Å²) in [5.74, 6) is -0.809. The summed E-state index contributed by atoms with van der Waals surface area (Å²) < 4.78 is 18.0. The van der Waals surface area contributed by atoms with Gasteiger partial charge in [-0.3, -0.25) is 4.79 Å². The predicted molar refractivity (Wildman–Crippen MR) is 163 cm³/mol. The Morgan fingerprint density at radius 2 is 1.98 bits per heavy atom.